The number of hydrogen-bond acceptors (Lipinski definition) is 4. The highest BCUT2D eigenvalue weighted by Gasteiger charge is 2.38. The summed E-state index contributed by atoms with van der Waals surface area (Å²) in [4.78, 5) is 30.6. The van der Waals surface area contributed by atoms with Crippen molar-refractivity contribution in [3.8, 4) is 0 Å². The van der Waals surface area contributed by atoms with E-state index in [1.807, 2.05) is 13.0 Å². The van der Waals surface area contributed by atoms with E-state index in [9.17, 15) is 9.59 Å². The molecule has 0 radical (unpaired) electrons. The van der Waals surface area contributed by atoms with E-state index in [1.54, 1.807) is 36.4 Å². The molecule has 1 heterocycles. The maximum Gasteiger partial charge on any atom is 0.251 e. The van der Waals surface area contributed by atoms with Crippen LogP contribution in [0.5, 0.6) is 0 Å². The van der Waals surface area contributed by atoms with Gasteiger partial charge in [-0.2, -0.15) is 0 Å². The minimum absolute atomic E-state index is 0.0194. The molecule has 0 bridgehead atoms. The molecule has 8 heteroatoms. The summed E-state index contributed by atoms with van der Waals surface area (Å²) in [5.74, 6) is -2.10. The number of aryl methyl sites for hydroxylation is 1. The van der Waals surface area contributed by atoms with Crippen LogP contribution in [-0.4, -0.2) is 23.1 Å². The number of thiocarbonyl (C=S) groups is 1. The van der Waals surface area contributed by atoms with E-state index in [1.165, 1.54) is 11.1 Å². The van der Waals surface area contributed by atoms with Crippen molar-refractivity contribution < 1.29 is 9.59 Å². The maximum absolute atomic E-state index is 12.8. The Morgan fingerprint density at radius 2 is 1.77 bits per heavy atom. The first-order valence-electron chi connectivity index (χ1n) is 7.61. The molecule has 3 rings (SSSR count). The van der Waals surface area contributed by atoms with Crippen LogP contribution in [0.2, 0.25) is 10.0 Å². The van der Waals surface area contributed by atoms with Crippen LogP contribution in [-0.2, 0) is 9.59 Å². The molecule has 5 nitrogen and oxygen atoms in total. The summed E-state index contributed by atoms with van der Waals surface area (Å²) < 4.78 is 0. The Labute approximate surface area is 165 Å². The monoisotopic (exact) mass is 405 g/mol. The number of anilines is 1. The van der Waals surface area contributed by atoms with Gasteiger partial charge in [0.2, 0.25) is 5.91 Å². The number of nitrogens with zero attached hydrogens (tertiary/aromatic N) is 2. The first kappa shape index (κ1) is 18.5. The lowest BCUT2D eigenvalue weighted by Gasteiger charge is -2.30. The Hall–Kier alpha value is -2.28. The number of carbonyl (C=O) groups excluding carboxylic acids is 2. The van der Waals surface area contributed by atoms with E-state index in [0.717, 1.165) is 5.56 Å². The molecule has 0 spiro atoms. The zero-order valence-corrected chi connectivity index (χ0v) is 15.9. The standard InChI is InChI=1S/C18H13Cl2N3O2S/c1-10-2-3-12(20)8-15(10)21-9-14-16(24)22-18(26)23(17(14)25)13-6-4-11(19)5-7-13/h2-9,14H,1H3,(H,22,24,26)/t14-/m0/s1. The zero-order chi connectivity index (χ0) is 18.8. The van der Waals surface area contributed by atoms with Gasteiger partial charge in [-0.05, 0) is 61.1 Å². The second-order valence-corrected chi connectivity index (χ2v) is 6.89. The van der Waals surface area contributed by atoms with E-state index in [4.69, 9.17) is 35.4 Å². The van der Waals surface area contributed by atoms with Crippen LogP contribution >= 0.6 is 35.4 Å². The fourth-order valence-corrected chi connectivity index (χ4v) is 3.02. The van der Waals surface area contributed by atoms with Gasteiger partial charge in [0.1, 0.15) is 0 Å². The second-order valence-electron chi connectivity index (χ2n) is 5.63. The van der Waals surface area contributed by atoms with E-state index in [0.29, 0.717) is 21.4 Å². The van der Waals surface area contributed by atoms with Gasteiger partial charge >= 0.3 is 0 Å². The first-order valence-corrected chi connectivity index (χ1v) is 8.78. The number of halogens is 2. The number of nitrogens with one attached hydrogen (secondary N) is 1. The van der Waals surface area contributed by atoms with Gasteiger partial charge in [0.15, 0.2) is 11.0 Å². The van der Waals surface area contributed by atoms with Crippen LogP contribution in [0, 0.1) is 12.8 Å². The summed E-state index contributed by atoms with van der Waals surface area (Å²) in [6.45, 7) is 1.86. The zero-order valence-electron chi connectivity index (χ0n) is 13.6. The third kappa shape index (κ3) is 3.77. The Kier molecular flexibility index (Phi) is 5.36. The van der Waals surface area contributed by atoms with Crippen LogP contribution in [0.3, 0.4) is 0 Å². The van der Waals surface area contributed by atoms with Crippen molar-refractivity contribution in [3.05, 3.63) is 58.1 Å². The van der Waals surface area contributed by atoms with Crippen LogP contribution in [0.15, 0.2) is 47.5 Å². The normalized spacial score (nSPS) is 17.7. The second kappa shape index (κ2) is 7.53. The Morgan fingerprint density at radius 1 is 1.12 bits per heavy atom. The molecule has 2 aromatic carbocycles. The Bertz CT molecular complexity index is 929. The third-order valence-electron chi connectivity index (χ3n) is 3.82. The van der Waals surface area contributed by atoms with Gasteiger partial charge in [0.05, 0.1) is 11.4 Å². The molecule has 1 fully saturated rings. The molecule has 0 unspecified atom stereocenters. The molecule has 132 valence electrons. The van der Waals surface area contributed by atoms with Crippen LogP contribution < -0.4 is 10.2 Å². The van der Waals surface area contributed by atoms with E-state index in [-0.39, 0.29) is 5.11 Å². The molecule has 0 aromatic heterocycles. The molecule has 26 heavy (non-hydrogen) atoms. The highest BCUT2D eigenvalue weighted by molar-refractivity contribution is 7.80. The van der Waals surface area contributed by atoms with Gasteiger partial charge < -0.3 is 5.32 Å². The summed E-state index contributed by atoms with van der Waals surface area (Å²) in [7, 11) is 0. The molecule has 0 saturated carbocycles. The number of amides is 2. The summed E-state index contributed by atoms with van der Waals surface area (Å²) in [5, 5.41) is 3.60. The van der Waals surface area contributed by atoms with Gasteiger partial charge in [-0.1, -0.05) is 29.3 Å². The van der Waals surface area contributed by atoms with Gasteiger partial charge in [-0.15, -0.1) is 0 Å². The number of carbonyl (C=O) groups is 2. The van der Waals surface area contributed by atoms with E-state index >= 15 is 0 Å². The molecule has 0 aliphatic carbocycles. The highest BCUT2D eigenvalue weighted by atomic mass is 35.5. The fraction of sp³-hybridized carbons (Fsp3) is 0.111. The van der Waals surface area contributed by atoms with Gasteiger partial charge in [-0.3, -0.25) is 19.5 Å². The molecule has 2 amide bonds. The smallest absolute Gasteiger partial charge is 0.251 e. The van der Waals surface area contributed by atoms with Crippen molar-refractivity contribution in [2.75, 3.05) is 4.90 Å². The molecule has 1 aliphatic rings. The molecule has 1 saturated heterocycles. The number of hydrogen-bond donors (Lipinski definition) is 1. The molecule has 1 atom stereocenters. The lowest BCUT2D eigenvalue weighted by atomic mass is 10.1. The molecule has 2 aromatic rings. The molecule has 1 aliphatic heterocycles. The fourth-order valence-electron chi connectivity index (χ4n) is 2.43. The van der Waals surface area contributed by atoms with Crippen molar-refractivity contribution in [2.24, 2.45) is 10.9 Å². The predicted molar refractivity (Wildman–Crippen MR) is 108 cm³/mol. The van der Waals surface area contributed by atoms with E-state index in [2.05, 4.69) is 10.3 Å². The van der Waals surface area contributed by atoms with Crippen molar-refractivity contribution >= 4 is 69.9 Å². The largest absolute Gasteiger partial charge is 0.301 e. The van der Waals surface area contributed by atoms with Gasteiger partial charge in [0, 0.05) is 16.3 Å². The van der Waals surface area contributed by atoms with Crippen molar-refractivity contribution in [2.45, 2.75) is 6.92 Å². The molecular formula is C18H13Cl2N3O2S. The topological polar surface area (TPSA) is 61.8 Å². The van der Waals surface area contributed by atoms with Crippen LogP contribution in [0.4, 0.5) is 11.4 Å². The van der Waals surface area contributed by atoms with Gasteiger partial charge in [0.25, 0.3) is 5.91 Å². The minimum Gasteiger partial charge on any atom is -0.301 e. The lowest BCUT2D eigenvalue weighted by molar-refractivity contribution is -0.130. The van der Waals surface area contributed by atoms with Crippen LogP contribution in [0.1, 0.15) is 5.56 Å². The lowest BCUT2D eigenvalue weighted by Crippen LogP contribution is -2.58. The number of aliphatic imine (C=N–C) groups is 1. The van der Waals surface area contributed by atoms with Crippen molar-refractivity contribution in [1.29, 1.82) is 0 Å². The highest BCUT2D eigenvalue weighted by Crippen LogP contribution is 2.25. The minimum atomic E-state index is -1.10. The Balaban J connectivity index is 1.91. The quantitative estimate of drug-likeness (QED) is 0.475. The average Bonchev–Trinajstić information content (AvgIpc) is 2.59. The predicted octanol–water partition coefficient (Wildman–Crippen LogP) is 4.07. The number of benzene rings is 2. The number of rotatable bonds is 3. The molecular weight excluding hydrogens is 393 g/mol. The van der Waals surface area contributed by atoms with Crippen molar-refractivity contribution in [3.63, 3.8) is 0 Å². The Morgan fingerprint density at radius 3 is 2.46 bits per heavy atom. The summed E-state index contributed by atoms with van der Waals surface area (Å²) in [6.07, 6.45) is 1.31. The maximum atomic E-state index is 12.8. The molecule has 1 N–H and O–H groups in total. The average molecular weight is 406 g/mol. The third-order valence-corrected chi connectivity index (χ3v) is 4.59. The van der Waals surface area contributed by atoms with Crippen molar-refractivity contribution in [1.82, 2.24) is 5.32 Å². The SMILES string of the molecule is Cc1ccc(Cl)cc1N=C[C@H]1C(=O)NC(=S)N(c2ccc(Cl)cc2)C1=O. The summed E-state index contributed by atoms with van der Waals surface area (Å²) >= 11 is 17.0. The van der Waals surface area contributed by atoms with Gasteiger partial charge in [-0.25, -0.2) is 0 Å². The summed E-state index contributed by atoms with van der Waals surface area (Å²) in [5.41, 5.74) is 1.98. The van der Waals surface area contributed by atoms with Crippen LogP contribution in [0.25, 0.3) is 0 Å². The first-order chi connectivity index (χ1) is 12.4. The van der Waals surface area contributed by atoms with E-state index < -0.39 is 17.7 Å². The summed E-state index contributed by atoms with van der Waals surface area (Å²) in [6, 6.07) is 11.8.